The van der Waals surface area contributed by atoms with Crippen molar-refractivity contribution in [2.45, 2.75) is 56.7 Å². The molecular formula is C24H24F4N2O3. The zero-order valence-corrected chi connectivity index (χ0v) is 18.2. The maximum absolute atomic E-state index is 15.3. The maximum atomic E-state index is 15.3. The number of ether oxygens (including phenoxy) is 1. The predicted octanol–water partition coefficient (Wildman–Crippen LogP) is 4.79. The van der Waals surface area contributed by atoms with Crippen LogP contribution in [0.4, 0.5) is 23.2 Å². The molecular weight excluding hydrogens is 440 g/mol. The number of fused-ring (bicyclic) bond motifs is 2. The zero-order chi connectivity index (χ0) is 23.9. The largest absolute Gasteiger partial charge is 0.381 e. The van der Waals surface area contributed by atoms with E-state index < -0.39 is 34.9 Å². The first-order valence-electron chi connectivity index (χ1n) is 10.7. The van der Waals surface area contributed by atoms with Crippen LogP contribution in [0.2, 0.25) is 0 Å². The molecule has 2 aliphatic heterocycles. The van der Waals surface area contributed by atoms with Gasteiger partial charge in [0.2, 0.25) is 0 Å². The molecule has 33 heavy (non-hydrogen) atoms. The average Bonchev–Trinajstić information content (AvgIpc) is 3.04. The van der Waals surface area contributed by atoms with Gasteiger partial charge < -0.3 is 15.0 Å². The van der Waals surface area contributed by atoms with Gasteiger partial charge in [0.15, 0.2) is 0 Å². The fourth-order valence-corrected chi connectivity index (χ4v) is 4.76. The van der Waals surface area contributed by atoms with Crippen LogP contribution in [-0.2, 0) is 15.5 Å². The van der Waals surface area contributed by atoms with Gasteiger partial charge in [-0.1, -0.05) is 0 Å². The monoisotopic (exact) mass is 464 g/mol. The molecule has 2 amide bonds. The molecule has 9 heteroatoms. The highest BCUT2D eigenvalue weighted by Gasteiger charge is 2.53. The number of alkyl halides is 2. The van der Waals surface area contributed by atoms with Crippen molar-refractivity contribution in [2.24, 2.45) is 0 Å². The van der Waals surface area contributed by atoms with Gasteiger partial charge in [-0.2, -0.15) is 8.78 Å². The molecule has 0 saturated carbocycles. The van der Waals surface area contributed by atoms with Gasteiger partial charge in [-0.15, -0.1) is 0 Å². The van der Waals surface area contributed by atoms with Gasteiger partial charge in [-0.3, -0.25) is 9.59 Å². The molecule has 0 aromatic heterocycles. The van der Waals surface area contributed by atoms with Crippen molar-refractivity contribution in [1.82, 2.24) is 4.90 Å². The Bertz CT molecular complexity index is 1080. The molecule has 2 saturated heterocycles. The molecule has 0 aliphatic carbocycles. The summed E-state index contributed by atoms with van der Waals surface area (Å²) < 4.78 is 63.8. The first-order valence-corrected chi connectivity index (χ1v) is 10.7. The van der Waals surface area contributed by atoms with Gasteiger partial charge in [0.1, 0.15) is 11.6 Å². The molecule has 3 atom stereocenters. The van der Waals surface area contributed by atoms with Crippen LogP contribution < -0.4 is 5.32 Å². The van der Waals surface area contributed by atoms with E-state index in [1.54, 1.807) is 7.11 Å². The SMILES string of the molecule is CO[C@H]1CC2CC[C@H](C1)N2C(=O)C(F)(F)c1cc(C(=O)Nc2ccc(F)c(C)c2)ccc1F. The fourth-order valence-electron chi connectivity index (χ4n) is 4.76. The van der Waals surface area contributed by atoms with Crippen molar-refractivity contribution in [2.75, 3.05) is 12.4 Å². The van der Waals surface area contributed by atoms with Gasteiger partial charge >= 0.3 is 5.92 Å². The topological polar surface area (TPSA) is 58.6 Å². The molecule has 5 nitrogen and oxygen atoms in total. The van der Waals surface area contributed by atoms with Crippen LogP contribution in [0.1, 0.15) is 47.2 Å². The summed E-state index contributed by atoms with van der Waals surface area (Å²) in [7, 11) is 1.55. The van der Waals surface area contributed by atoms with Crippen LogP contribution in [0.25, 0.3) is 0 Å². The van der Waals surface area contributed by atoms with Crippen molar-refractivity contribution in [3.63, 3.8) is 0 Å². The molecule has 0 spiro atoms. The summed E-state index contributed by atoms with van der Waals surface area (Å²) in [5, 5.41) is 2.47. The fraction of sp³-hybridized carbons (Fsp3) is 0.417. The molecule has 2 bridgehead atoms. The Hall–Kier alpha value is -2.94. The first-order chi connectivity index (χ1) is 15.6. The number of anilines is 1. The lowest BCUT2D eigenvalue weighted by molar-refractivity contribution is -0.166. The molecule has 2 aromatic rings. The molecule has 4 rings (SSSR count). The Morgan fingerprint density at radius 1 is 1.03 bits per heavy atom. The average molecular weight is 464 g/mol. The van der Waals surface area contributed by atoms with Crippen LogP contribution in [-0.4, -0.2) is 42.0 Å². The summed E-state index contributed by atoms with van der Waals surface area (Å²) in [6.07, 6.45) is 2.00. The molecule has 0 radical (unpaired) electrons. The van der Waals surface area contributed by atoms with Crippen LogP contribution >= 0.6 is 0 Å². The first kappa shape index (κ1) is 23.2. The number of nitrogens with zero attached hydrogens (tertiary/aromatic N) is 1. The van der Waals surface area contributed by atoms with E-state index in [4.69, 9.17) is 4.74 Å². The van der Waals surface area contributed by atoms with Crippen molar-refractivity contribution in [1.29, 1.82) is 0 Å². The van der Waals surface area contributed by atoms with Crippen LogP contribution in [0, 0.1) is 18.6 Å². The number of benzene rings is 2. The predicted molar refractivity (Wildman–Crippen MR) is 113 cm³/mol. The molecule has 2 aliphatic rings. The zero-order valence-electron chi connectivity index (χ0n) is 18.2. The van der Waals surface area contributed by atoms with Crippen LogP contribution in [0.5, 0.6) is 0 Å². The van der Waals surface area contributed by atoms with Crippen molar-refractivity contribution in [3.8, 4) is 0 Å². The molecule has 2 fully saturated rings. The summed E-state index contributed by atoms with van der Waals surface area (Å²) in [6, 6.07) is 5.59. The summed E-state index contributed by atoms with van der Waals surface area (Å²) >= 11 is 0. The Labute approximate surface area is 188 Å². The Kier molecular flexibility index (Phi) is 6.18. The Balaban J connectivity index is 1.58. The molecule has 176 valence electrons. The standard InChI is InChI=1S/C24H24F4N2O3/c1-13-9-15(4-8-20(13)25)29-22(31)14-3-7-21(26)19(10-14)24(27,28)23(32)30-16-5-6-17(30)12-18(11-16)33-2/h3-4,7-10,16-18H,5-6,11-12H2,1-2H3,(H,29,31)/t16-,17?,18-/m1/s1. The third-order valence-electron chi connectivity index (χ3n) is 6.51. The smallest absolute Gasteiger partial charge is 0.352 e. The van der Waals surface area contributed by atoms with E-state index in [-0.39, 0.29) is 35.0 Å². The summed E-state index contributed by atoms with van der Waals surface area (Å²) in [5.74, 6) is -8.13. The van der Waals surface area contributed by atoms with Crippen LogP contribution in [0.15, 0.2) is 36.4 Å². The quantitative estimate of drug-likeness (QED) is 0.648. The number of piperidine rings is 1. The second kappa shape index (κ2) is 8.78. The number of halogens is 4. The lowest BCUT2D eigenvalue weighted by Gasteiger charge is -2.40. The highest BCUT2D eigenvalue weighted by Crippen LogP contribution is 2.42. The number of carbonyl (C=O) groups excluding carboxylic acids is 2. The van der Waals surface area contributed by atoms with E-state index in [0.29, 0.717) is 31.7 Å². The minimum atomic E-state index is -4.15. The van der Waals surface area contributed by atoms with Gasteiger partial charge in [0.25, 0.3) is 11.8 Å². The van der Waals surface area contributed by atoms with Crippen LogP contribution in [0.3, 0.4) is 0 Å². The third kappa shape index (κ3) is 4.34. The number of hydrogen-bond acceptors (Lipinski definition) is 3. The number of rotatable bonds is 5. The van der Waals surface area contributed by atoms with Crippen molar-refractivity contribution >= 4 is 17.5 Å². The lowest BCUT2D eigenvalue weighted by Crippen LogP contribution is -2.53. The van der Waals surface area contributed by atoms with Gasteiger partial charge in [0.05, 0.1) is 11.7 Å². The van der Waals surface area contributed by atoms with Crippen molar-refractivity contribution < 1.29 is 31.9 Å². The second-order valence-corrected chi connectivity index (χ2v) is 8.61. The molecule has 2 aromatic carbocycles. The molecule has 1 N–H and O–H groups in total. The molecule has 2 heterocycles. The number of methoxy groups -OCH3 is 1. The molecule has 1 unspecified atom stereocenters. The number of aryl methyl sites for hydroxylation is 1. The second-order valence-electron chi connectivity index (χ2n) is 8.61. The van der Waals surface area contributed by atoms with E-state index in [9.17, 15) is 18.4 Å². The Morgan fingerprint density at radius 2 is 1.67 bits per heavy atom. The van der Waals surface area contributed by atoms with E-state index in [1.165, 1.54) is 24.0 Å². The number of carbonyl (C=O) groups is 2. The van der Waals surface area contributed by atoms with Gasteiger partial charge in [-0.25, -0.2) is 8.78 Å². The van der Waals surface area contributed by atoms with E-state index in [2.05, 4.69) is 5.32 Å². The highest BCUT2D eigenvalue weighted by atomic mass is 19.3. The minimum absolute atomic E-state index is 0.0981. The maximum Gasteiger partial charge on any atom is 0.352 e. The number of amides is 2. The summed E-state index contributed by atoms with van der Waals surface area (Å²) in [6.45, 7) is 1.51. The third-order valence-corrected chi connectivity index (χ3v) is 6.51. The highest BCUT2D eigenvalue weighted by molar-refractivity contribution is 6.04. The van der Waals surface area contributed by atoms with Gasteiger partial charge in [-0.05, 0) is 74.6 Å². The lowest BCUT2D eigenvalue weighted by atomic mass is 9.96. The van der Waals surface area contributed by atoms with Gasteiger partial charge in [0, 0.05) is 30.4 Å². The van der Waals surface area contributed by atoms with Crippen molar-refractivity contribution in [3.05, 3.63) is 64.7 Å². The summed E-state index contributed by atoms with van der Waals surface area (Å²) in [5.41, 5.74) is -0.854. The minimum Gasteiger partial charge on any atom is -0.381 e. The van der Waals surface area contributed by atoms with E-state index >= 15 is 8.78 Å². The number of nitrogens with one attached hydrogen (secondary N) is 1. The number of hydrogen-bond donors (Lipinski definition) is 1. The summed E-state index contributed by atoms with van der Waals surface area (Å²) in [4.78, 5) is 26.6. The van der Waals surface area contributed by atoms with E-state index in [1.807, 2.05) is 0 Å². The normalized spacial score (nSPS) is 22.4. The Morgan fingerprint density at radius 3 is 2.27 bits per heavy atom. The van der Waals surface area contributed by atoms with E-state index in [0.717, 1.165) is 18.2 Å².